The second-order valence-electron chi connectivity index (χ2n) is 5.49. The van der Waals surface area contributed by atoms with E-state index in [9.17, 15) is 4.79 Å². The molecule has 0 radical (unpaired) electrons. The molecule has 1 saturated heterocycles. The first kappa shape index (κ1) is 12.8. The lowest BCUT2D eigenvalue weighted by Gasteiger charge is -2.27. The summed E-state index contributed by atoms with van der Waals surface area (Å²) in [5, 5.41) is 6.35. The van der Waals surface area contributed by atoms with Crippen LogP contribution in [0.15, 0.2) is 0 Å². The summed E-state index contributed by atoms with van der Waals surface area (Å²) in [5.74, 6) is 0.181. The van der Waals surface area contributed by atoms with Crippen molar-refractivity contribution in [3.05, 3.63) is 0 Å². The molecule has 0 aromatic rings. The first-order valence-electron chi connectivity index (χ1n) is 6.91. The quantitative estimate of drug-likeness (QED) is 0.743. The van der Waals surface area contributed by atoms with Gasteiger partial charge in [-0.05, 0) is 46.2 Å². The molecule has 1 aliphatic carbocycles. The summed E-state index contributed by atoms with van der Waals surface area (Å²) >= 11 is 0. The van der Waals surface area contributed by atoms with Gasteiger partial charge in [-0.2, -0.15) is 0 Å². The lowest BCUT2D eigenvalue weighted by Crippen LogP contribution is -2.49. The van der Waals surface area contributed by atoms with Crippen molar-refractivity contribution in [1.82, 2.24) is 15.5 Å². The van der Waals surface area contributed by atoms with Crippen LogP contribution in [0, 0.1) is 0 Å². The van der Waals surface area contributed by atoms with Crippen molar-refractivity contribution in [3.63, 3.8) is 0 Å². The van der Waals surface area contributed by atoms with E-state index in [1.54, 1.807) is 0 Å². The minimum atomic E-state index is 0.0437. The van der Waals surface area contributed by atoms with Gasteiger partial charge in [0.1, 0.15) is 0 Å². The van der Waals surface area contributed by atoms with E-state index in [-0.39, 0.29) is 11.9 Å². The van der Waals surface area contributed by atoms with Gasteiger partial charge >= 0.3 is 0 Å². The van der Waals surface area contributed by atoms with Crippen LogP contribution in [0.1, 0.15) is 39.0 Å². The largest absolute Gasteiger partial charge is 0.353 e. The molecule has 1 saturated carbocycles. The second kappa shape index (κ2) is 5.83. The first-order valence-corrected chi connectivity index (χ1v) is 6.91. The van der Waals surface area contributed by atoms with Crippen LogP contribution < -0.4 is 10.6 Å². The summed E-state index contributed by atoms with van der Waals surface area (Å²) in [7, 11) is 2.16. The number of carbonyl (C=O) groups excluding carboxylic acids is 1. The molecule has 0 aromatic heterocycles. The molecule has 4 nitrogen and oxygen atoms in total. The van der Waals surface area contributed by atoms with Crippen molar-refractivity contribution in [3.8, 4) is 0 Å². The Labute approximate surface area is 104 Å². The summed E-state index contributed by atoms with van der Waals surface area (Å²) < 4.78 is 0. The minimum Gasteiger partial charge on any atom is -0.353 e. The molecule has 2 aliphatic rings. The lowest BCUT2D eigenvalue weighted by molar-refractivity contribution is -0.123. The van der Waals surface area contributed by atoms with Crippen molar-refractivity contribution >= 4 is 5.91 Å². The van der Waals surface area contributed by atoms with E-state index < -0.39 is 0 Å². The van der Waals surface area contributed by atoms with Gasteiger partial charge in [0.2, 0.25) is 5.91 Å². The molecule has 2 fully saturated rings. The van der Waals surface area contributed by atoms with Crippen molar-refractivity contribution in [1.29, 1.82) is 0 Å². The maximum Gasteiger partial charge on any atom is 0.237 e. The summed E-state index contributed by atoms with van der Waals surface area (Å²) in [6.45, 7) is 3.94. The number of piperidine rings is 1. The van der Waals surface area contributed by atoms with E-state index in [0.29, 0.717) is 6.04 Å². The number of hydrogen-bond acceptors (Lipinski definition) is 3. The van der Waals surface area contributed by atoms with Crippen molar-refractivity contribution in [2.45, 2.75) is 57.2 Å². The molecule has 0 aromatic carbocycles. The van der Waals surface area contributed by atoms with Crippen LogP contribution in [0.4, 0.5) is 0 Å². The third kappa shape index (κ3) is 3.68. The number of rotatable bonds is 5. The van der Waals surface area contributed by atoms with Gasteiger partial charge < -0.3 is 10.6 Å². The normalized spacial score (nSPS) is 26.9. The molecule has 2 atom stereocenters. The highest BCUT2D eigenvalue weighted by atomic mass is 16.2. The van der Waals surface area contributed by atoms with E-state index in [1.807, 2.05) is 0 Å². The molecule has 1 aliphatic heterocycles. The Morgan fingerprint density at radius 3 is 2.76 bits per heavy atom. The Morgan fingerprint density at radius 2 is 2.18 bits per heavy atom. The van der Waals surface area contributed by atoms with Crippen LogP contribution >= 0.6 is 0 Å². The highest BCUT2D eigenvalue weighted by Gasteiger charge is 2.29. The van der Waals surface area contributed by atoms with E-state index >= 15 is 0 Å². The van der Waals surface area contributed by atoms with E-state index in [4.69, 9.17) is 0 Å². The predicted molar refractivity (Wildman–Crippen MR) is 68.9 cm³/mol. The fourth-order valence-electron chi connectivity index (χ4n) is 2.43. The molecular weight excluding hydrogens is 214 g/mol. The average Bonchev–Trinajstić information content (AvgIpc) is 3.20. The van der Waals surface area contributed by atoms with Gasteiger partial charge in [0.15, 0.2) is 0 Å². The van der Waals surface area contributed by atoms with Crippen LogP contribution in [0.3, 0.4) is 0 Å². The van der Waals surface area contributed by atoms with Gasteiger partial charge in [0, 0.05) is 18.6 Å². The zero-order chi connectivity index (χ0) is 12.3. The van der Waals surface area contributed by atoms with Crippen LogP contribution in [-0.4, -0.2) is 49.1 Å². The average molecular weight is 239 g/mol. The smallest absolute Gasteiger partial charge is 0.237 e. The monoisotopic (exact) mass is 239 g/mol. The molecule has 4 heteroatoms. The number of nitrogens with zero attached hydrogens (tertiary/aromatic N) is 1. The Kier molecular flexibility index (Phi) is 4.40. The molecular formula is C13H25N3O. The summed E-state index contributed by atoms with van der Waals surface area (Å²) in [5.41, 5.74) is 0. The van der Waals surface area contributed by atoms with Crippen LogP contribution in [-0.2, 0) is 4.79 Å². The standard InChI is InChI=1S/C13H25N3O/c1-10(16(2)11-6-7-11)9-15-13(17)12-5-3-4-8-14-12/h10-12,14H,3-9H2,1-2H3,(H,15,17). The minimum absolute atomic E-state index is 0.0437. The topological polar surface area (TPSA) is 44.4 Å². The molecule has 98 valence electrons. The van der Waals surface area contributed by atoms with Crippen molar-refractivity contribution in [2.24, 2.45) is 0 Å². The third-order valence-electron chi connectivity index (χ3n) is 4.02. The van der Waals surface area contributed by atoms with Gasteiger partial charge in [0.05, 0.1) is 6.04 Å². The Hall–Kier alpha value is -0.610. The highest BCUT2D eigenvalue weighted by Crippen LogP contribution is 2.26. The van der Waals surface area contributed by atoms with Crippen LogP contribution in [0.5, 0.6) is 0 Å². The third-order valence-corrected chi connectivity index (χ3v) is 4.02. The number of likely N-dealkylation sites (N-methyl/N-ethyl adjacent to an activating group) is 1. The van der Waals surface area contributed by atoms with Crippen molar-refractivity contribution < 1.29 is 4.79 Å². The Bertz CT molecular complexity index is 259. The molecule has 2 N–H and O–H groups in total. The zero-order valence-corrected chi connectivity index (χ0v) is 11.0. The van der Waals surface area contributed by atoms with Gasteiger partial charge in [-0.3, -0.25) is 9.69 Å². The van der Waals surface area contributed by atoms with E-state index in [2.05, 4.69) is 29.5 Å². The maximum atomic E-state index is 11.9. The molecule has 1 amide bonds. The maximum absolute atomic E-state index is 11.9. The summed E-state index contributed by atoms with van der Waals surface area (Å²) in [6.07, 6.45) is 5.99. The second-order valence-corrected chi connectivity index (χ2v) is 5.49. The number of amides is 1. The predicted octanol–water partition coefficient (Wildman–Crippen LogP) is 0.727. The van der Waals surface area contributed by atoms with Crippen molar-refractivity contribution in [2.75, 3.05) is 20.1 Å². The molecule has 17 heavy (non-hydrogen) atoms. The number of hydrogen-bond donors (Lipinski definition) is 2. The van der Waals surface area contributed by atoms with Gasteiger partial charge in [-0.25, -0.2) is 0 Å². The summed E-state index contributed by atoms with van der Waals surface area (Å²) in [4.78, 5) is 14.3. The van der Waals surface area contributed by atoms with E-state index in [0.717, 1.165) is 25.6 Å². The highest BCUT2D eigenvalue weighted by molar-refractivity contribution is 5.81. The fraction of sp³-hybridized carbons (Fsp3) is 0.923. The number of nitrogens with one attached hydrogen (secondary N) is 2. The molecule has 2 unspecified atom stereocenters. The zero-order valence-electron chi connectivity index (χ0n) is 11.0. The first-order chi connectivity index (χ1) is 8.18. The fourth-order valence-corrected chi connectivity index (χ4v) is 2.43. The summed E-state index contributed by atoms with van der Waals surface area (Å²) in [6, 6.07) is 1.24. The molecule has 1 heterocycles. The molecule has 2 rings (SSSR count). The number of carbonyl (C=O) groups is 1. The van der Waals surface area contributed by atoms with Gasteiger partial charge in [0.25, 0.3) is 0 Å². The SMILES string of the molecule is CC(CNC(=O)C1CCCCN1)N(C)C1CC1. The van der Waals surface area contributed by atoms with E-state index in [1.165, 1.54) is 25.7 Å². The van der Waals surface area contributed by atoms with Crippen LogP contribution in [0.2, 0.25) is 0 Å². The lowest BCUT2D eigenvalue weighted by atomic mass is 10.0. The van der Waals surface area contributed by atoms with Crippen LogP contribution in [0.25, 0.3) is 0 Å². The Morgan fingerprint density at radius 1 is 1.41 bits per heavy atom. The van der Waals surface area contributed by atoms with Gasteiger partial charge in [-0.1, -0.05) is 6.42 Å². The Balaban J connectivity index is 1.67. The van der Waals surface area contributed by atoms with Gasteiger partial charge in [-0.15, -0.1) is 0 Å². The molecule has 0 spiro atoms. The molecule has 0 bridgehead atoms.